The number of ether oxygens (including phenoxy) is 3. The number of hydrogen-bond acceptors (Lipinski definition) is 4. The monoisotopic (exact) mass is 281 g/mol. The number of hydrogen-bond donors (Lipinski definition) is 2. The lowest BCUT2D eigenvalue weighted by atomic mass is 10.2. The molecule has 6 nitrogen and oxygen atoms in total. The van der Waals surface area contributed by atoms with E-state index in [9.17, 15) is 0 Å². The highest BCUT2D eigenvalue weighted by molar-refractivity contribution is 5.94. The summed E-state index contributed by atoms with van der Waals surface area (Å²) in [6.07, 6.45) is 0. The molecule has 1 aromatic rings. The van der Waals surface area contributed by atoms with E-state index in [-0.39, 0.29) is 0 Å². The van der Waals surface area contributed by atoms with E-state index in [0.717, 1.165) is 11.4 Å². The SMILES string of the molecule is CCOc1ccc(OCC)c(NC(N)=NCCOC)c1. The van der Waals surface area contributed by atoms with Crippen molar-refractivity contribution in [2.24, 2.45) is 10.7 Å². The zero-order chi connectivity index (χ0) is 14.8. The molecule has 112 valence electrons. The molecule has 0 spiro atoms. The number of rotatable bonds is 8. The van der Waals surface area contributed by atoms with Gasteiger partial charge in [0.15, 0.2) is 5.96 Å². The van der Waals surface area contributed by atoms with Crippen LogP contribution in [-0.2, 0) is 4.74 Å². The van der Waals surface area contributed by atoms with E-state index < -0.39 is 0 Å². The first-order chi connectivity index (χ1) is 9.71. The molecule has 1 aromatic carbocycles. The van der Waals surface area contributed by atoms with Crippen LogP contribution in [0.1, 0.15) is 13.8 Å². The Balaban J connectivity index is 2.82. The maximum atomic E-state index is 5.82. The summed E-state index contributed by atoms with van der Waals surface area (Å²) in [5.74, 6) is 1.78. The molecule has 3 N–H and O–H groups in total. The molecule has 0 aromatic heterocycles. The highest BCUT2D eigenvalue weighted by Gasteiger charge is 2.07. The van der Waals surface area contributed by atoms with Crippen molar-refractivity contribution in [3.05, 3.63) is 18.2 Å². The zero-order valence-electron chi connectivity index (χ0n) is 12.3. The van der Waals surface area contributed by atoms with Crippen LogP contribution in [0.3, 0.4) is 0 Å². The van der Waals surface area contributed by atoms with E-state index in [1.165, 1.54) is 0 Å². The summed E-state index contributed by atoms with van der Waals surface area (Å²) in [6.45, 7) is 6.07. The summed E-state index contributed by atoms with van der Waals surface area (Å²) < 4.78 is 15.9. The third-order valence-electron chi connectivity index (χ3n) is 2.40. The van der Waals surface area contributed by atoms with Crippen molar-refractivity contribution in [3.63, 3.8) is 0 Å². The van der Waals surface area contributed by atoms with Crippen LogP contribution >= 0.6 is 0 Å². The lowest BCUT2D eigenvalue weighted by Gasteiger charge is -2.13. The molecule has 0 fully saturated rings. The van der Waals surface area contributed by atoms with E-state index in [1.807, 2.05) is 32.0 Å². The summed E-state index contributed by atoms with van der Waals surface area (Å²) in [5, 5.41) is 3.02. The minimum Gasteiger partial charge on any atom is -0.494 e. The Morgan fingerprint density at radius 2 is 2.00 bits per heavy atom. The van der Waals surface area contributed by atoms with Crippen molar-refractivity contribution in [1.29, 1.82) is 0 Å². The van der Waals surface area contributed by atoms with Gasteiger partial charge in [0, 0.05) is 13.2 Å². The average molecular weight is 281 g/mol. The van der Waals surface area contributed by atoms with Gasteiger partial charge in [-0.1, -0.05) is 0 Å². The molecule has 0 aliphatic carbocycles. The van der Waals surface area contributed by atoms with Gasteiger partial charge in [0.2, 0.25) is 0 Å². The first kappa shape index (κ1) is 16.1. The van der Waals surface area contributed by atoms with Gasteiger partial charge >= 0.3 is 0 Å². The molecule has 0 atom stereocenters. The van der Waals surface area contributed by atoms with Crippen LogP contribution in [0, 0.1) is 0 Å². The van der Waals surface area contributed by atoms with Gasteiger partial charge in [0.05, 0.1) is 32.1 Å². The normalized spacial score (nSPS) is 11.2. The van der Waals surface area contributed by atoms with Crippen LogP contribution in [0.25, 0.3) is 0 Å². The fourth-order valence-electron chi connectivity index (χ4n) is 1.58. The van der Waals surface area contributed by atoms with Gasteiger partial charge < -0.3 is 25.3 Å². The molecule has 0 unspecified atom stereocenters. The Kier molecular flexibility index (Phi) is 7.27. The Bertz CT molecular complexity index is 436. The van der Waals surface area contributed by atoms with Gasteiger partial charge in [0.1, 0.15) is 11.5 Å². The van der Waals surface area contributed by atoms with Crippen LogP contribution in [0.2, 0.25) is 0 Å². The standard InChI is InChI=1S/C14H23N3O3/c1-4-19-11-6-7-13(20-5-2)12(10-11)17-14(15)16-8-9-18-3/h6-7,10H,4-5,8-9H2,1-3H3,(H3,15,16,17). The van der Waals surface area contributed by atoms with Crippen molar-refractivity contribution in [2.45, 2.75) is 13.8 Å². The van der Waals surface area contributed by atoms with Crippen LogP contribution in [0.5, 0.6) is 11.5 Å². The number of anilines is 1. The van der Waals surface area contributed by atoms with Crippen LogP contribution in [0.4, 0.5) is 5.69 Å². The largest absolute Gasteiger partial charge is 0.494 e. The predicted molar refractivity (Wildman–Crippen MR) is 80.8 cm³/mol. The second kappa shape index (κ2) is 9.03. The molecule has 0 saturated heterocycles. The summed E-state index contributed by atoms with van der Waals surface area (Å²) in [6, 6.07) is 5.55. The van der Waals surface area contributed by atoms with E-state index >= 15 is 0 Å². The zero-order valence-corrected chi connectivity index (χ0v) is 12.3. The topological polar surface area (TPSA) is 78.1 Å². The van der Waals surface area contributed by atoms with Crippen molar-refractivity contribution < 1.29 is 14.2 Å². The molecule has 0 aliphatic rings. The van der Waals surface area contributed by atoms with E-state index in [4.69, 9.17) is 19.9 Å². The van der Waals surface area contributed by atoms with Crippen molar-refractivity contribution in [3.8, 4) is 11.5 Å². The lowest BCUT2D eigenvalue weighted by molar-refractivity contribution is 0.208. The maximum Gasteiger partial charge on any atom is 0.193 e. The minimum atomic E-state index is 0.316. The van der Waals surface area contributed by atoms with Crippen LogP contribution < -0.4 is 20.5 Å². The second-order valence-electron chi connectivity index (χ2n) is 3.91. The number of nitrogens with zero attached hydrogens (tertiary/aromatic N) is 1. The third-order valence-corrected chi connectivity index (χ3v) is 2.40. The van der Waals surface area contributed by atoms with Gasteiger partial charge in [0.25, 0.3) is 0 Å². The van der Waals surface area contributed by atoms with Crippen molar-refractivity contribution in [1.82, 2.24) is 0 Å². The van der Waals surface area contributed by atoms with E-state index in [1.54, 1.807) is 7.11 Å². The summed E-state index contributed by atoms with van der Waals surface area (Å²) in [7, 11) is 1.62. The average Bonchev–Trinajstić information content (AvgIpc) is 2.42. The highest BCUT2D eigenvalue weighted by Crippen LogP contribution is 2.29. The third kappa shape index (κ3) is 5.36. The summed E-state index contributed by atoms with van der Waals surface area (Å²) in [4.78, 5) is 4.15. The molecular formula is C14H23N3O3. The quantitative estimate of drug-likeness (QED) is 0.432. The molecule has 0 saturated carbocycles. The van der Waals surface area contributed by atoms with Crippen LogP contribution in [-0.4, -0.2) is 39.4 Å². The minimum absolute atomic E-state index is 0.316. The number of aliphatic imine (C=N–C) groups is 1. The number of nitrogens with one attached hydrogen (secondary N) is 1. The molecule has 0 amide bonds. The van der Waals surface area contributed by atoms with Crippen LogP contribution in [0.15, 0.2) is 23.2 Å². The van der Waals surface area contributed by atoms with Gasteiger partial charge in [-0.05, 0) is 26.0 Å². The molecule has 6 heteroatoms. The maximum absolute atomic E-state index is 5.82. The Hall–Kier alpha value is -1.95. The molecule has 1 rings (SSSR count). The van der Waals surface area contributed by atoms with Gasteiger partial charge in [-0.3, -0.25) is 4.99 Å². The van der Waals surface area contributed by atoms with Gasteiger partial charge in [-0.2, -0.15) is 0 Å². The molecule has 20 heavy (non-hydrogen) atoms. The first-order valence-corrected chi connectivity index (χ1v) is 6.66. The molecule has 0 bridgehead atoms. The number of guanidine groups is 1. The predicted octanol–water partition coefficient (Wildman–Crippen LogP) is 1.86. The first-order valence-electron chi connectivity index (χ1n) is 6.66. The second-order valence-corrected chi connectivity index (χ2v) is 3.91. The molecule has 0 aliphatic heterocycles. The fourth-order valence-corrected chi connectivity index (χ4v) is 1.58. The van der Waals surface area contributed by atoms with E-state index in [2.05, 4.69) is 10.3 Å². The Morgan fingerprint density at radius 3 is 2.65 bits per heavy atom. The Morgan fingerprint density at radius 1 is 1.25 bits per heavy atom. The fraction of sp³-hybridized carbons (Fsp3) is 0.500. The molecule has 0 heterocycles. The van der Waals surface area contributed by atoms with Crippen molar-refractivity contribution in [2.75, 3.05) is 38.8 Å². The van der Waals surface area contributed by atoms with Gasteiger partial charge in [-0.15, -0.1) is 0 Å². The molecule has 0 radical (unpaired) electrons. The van der Waals surface area contributed by atoms with Crippen molar-refractivity contribution >= 4 is 11.6 Å². The molecular weight excluding hydrogens is 258 g/mol. The number of methoxy groups -OCH3 is 1. The smallest absolute Gasteiger partial charge is 0.193 e. The summed E-state index contributed by atoms with van der Waals surface area (Å²) in [5.41, 5.74) is 6.56. The van der Waals surface area contributed by atoms with E-state index in [0.29, 0.717) is 38.1 Å². The summed E-state index contributed by atoms with van der Waals surface area (Å²) >= 11 is 0. The Labute approximate surface area is 119 Å². The van der Waals surface area contributed by atoms with Gasteiger partial charge in [-0.25, -0.2) is 0 Å². The number of nitrogens with two attached hydrogens (primary N) is 1. The highest BCUT2D eigenvalue weighted by atomic mass is 16.5. The lowest BCUT2D eigenvalue weighted by Crippen LogP contribution is -2.23. The number of benzene rings is 1.